The highest BCUT2D eigenvalue weighted by atomic mass is 32.2. The summed E-state index contributed by atoms with van der Waals surface area (Å²) in [5.41, 5.74) is 1.14. The monoisotopic (exact) mass is 196 g/mol. The Kier molecular flexibility index (Phi) is 4.03. The molecule has 0 saturated heterocycles. The van der Waals surface area contributed by atoms with Gasteiger partial charge in [0.25, 0.3) is 0 Å². The normalized spacial score (nSPS) is 12.5. The lowest BCUT2D eigenvalue weighted by Gasteiger charge is -2.09. The van der Waals surface area contributed by atoms with Gasteiger partial charge in [-0.1, -0.05) is 25.1 Å². The predicted octanol–water partition coefficient (Wildman–Crippen LogP) is 4.34. The summed E-state index contributed by atoms with van der Waals surface area (Å²) in [6, 6.07) is 7.53. The third-order valence-corrected chi connectivity index (χ3v) is 2.53. The molecule has 70 valence electrons. The second-order valence-corrected chi connectivity index (χ2v) is 3.53. The van der Waals surface area contributed by atoms with Crippen LogP contribution in [-0.2, 0) is 0 Å². The maximum Gasteiger partial charge on any atom is 0.0812 e. The van der Waals surface area contributed by atoms with E-state index in [0.29, 0.717) is 10.8 Å². The molecule has 1 rings (SSSR count). The molecule has 13 heavy (non-hydrogen) atoms. The first kappa shape index (κ1) is 10.3. The summed E-state index contributed by atoms with van der Waals surface area (Å²) in [7, 11) is 0. The van der Waals surface area contributed by atoms with Gasteiger partial charge in [-0.25, -0.2) is 0 Å². The second kappa shape index (κ2) is 5.07. The number of hydrogen-bond donors (Lipinski definition) is 0. The molecule has 0 radical (unpaired) electrons. The van der Waals surface area contributed by atoms with Gasteiger partial charge in [0.15, 0.2) is 0 Å². The standard InChI is InChI=1S/C11H13FS/c1-3-9(4-2)10-6-5-7-11(8-10)13-12/h3,5-9H,1,4H2,2H3. The van der Waals surface area contributed by atoms with Crippen LogP contribution >= 0.6 is 12.1 Å². The summed E-state index contributed by atoms with van der Waals surface area (Å²) in [6.45, 7) is 5.86. The molecule has 0 aliphatic rings. The Labute approximate surface area is 83.2 Å². The summed E-state index contributed by atoms with van der Waals surface area (Å²) >= 11 is 0.287. The van der Waals surface area contributed by atoms with Crippen molar-refractivity contribution in [2.24, 2.45) is 0 Å². The summed E-state index contributed by atoms with van der Waals surface area (Å²) < 4.78 is 12.3. The molecule has 2 heteroatoms. The van der Waals surface area contributed by atoms with Crippen molar-refractivity contribution in [2.75, 3.05) is 0 Å². The van der Waals surface area contributed by atoms with Crippen LogP contribution in [-0.4, -0.2) is 0 Å². The molecule has 1 unspecified atom stereocenters. The van der Waals surface area contributed by atoms with Gasteiger partial charge in [-0.2, -0.15) is 3.89 Å². The maximum atomic E-state index is 12.3. The Morgan fingerprint density at radius 3 is 2.92 bits per heavy atom. The molecule has 1 aromatic carbocycles. The van der Waals surface area contributed by atoms with E-state index in [-0.39, 0.29) is 12.1 Å². The van der Waals surface area contributed by atoms with Crippen LogP contribution in [0.2, 0.25) is 0 Å². The molecule has 0 bridgehead atoms. The lowest BCUT2D eigenvalue weighted by atomic mass is 9.97. The Morgan fingerprint density at radius 2 is 2.38 bits per heavy atom. The van der Waals surface area contributed by atoms with Crippen molar-refractivity contribution < 1.29 is 3.89 Å². The van der Waals surface area contributed by atoms with E-state index in [0.717, 1.165) is 12.0 Å². The van der Waals surface area contributed by atoms with Crippen LogP contribution in [0.5, 0.6) is 0 Å². The minimum atomic E-state index is 0.287. The van der Waals surface area contributed by atoms with E-state index in [1.54, 1.807) is 6.07 Å². The van der Waals surface area contributed by atoms with Crippen molar-refractivity contribution in [1.29, 1.82) is 0 Å². The van der Waals surface area contributed by atoms with Crippen molar-refractivity contribution in [3.05, 3.63) is 42.5 Å². The first-order chi connectivity index (χ1) is 6.31. The van der Waals surface area contributed by atoms with Gasteiger partial charge in [0.2, 0.25) is 0 Å². The van der Waals surface area contributed by atoms with Crippen molar-refractivity contribution in [1.82, 2.24) is 0 Å². The van der Waals surface area contributed by atoms with Gasteiger partial charge in [0, 0.05) is 10.8 Å². The van der Waals surface area contributed by atoms with Gasteiger partial charge in [-0.15, -0.1) is 6.58 Å². The SMILES string of the molecule is C=CC(CC)c1cccc(SF)c1. The molecular weight excluding hydrogens is 183 g/mol. The third kappa shape index (κ3) is 2.59. The van der Waals surface area contributed by atoms with E-state index >= 15 is 0 Å². The molecule has 0 aliphatic carbocycles. The predicted molar refractivity (Wildman–Crippen MR) is 56.6 cm³/mol. The number of rotatable bonds is 4. The average Bonchev–Trinajstić information content (AvgIpc) is 2.20. The van der Waals surface area contributed by atoms with E-state index in [9.17, 15) is 3.89 Å². The van der Waals surface area contributed by atoms with E-state index in [4.69, 9.17) is 0 Å². The lowest BCUT2D eigenvalue weighted by molar-refractivity contribution is 0.804. The third-order valence-electron chi connectivity index (χ3n) is 2.10. The molecule has 0 amide bonds. The smallest absolute Gasteiger partial charge is 0.0812 e. The van der Waals surface area contributed by atoms with Gasteiger partial charge in [0.05, 0.1) is 12.1 Å². The van der Waals surface area contributed by atoms with Gasteiger partial charge in [0.1, 0.15) is 0 Å². The molecule has 0 N–H and O–H groups in total. The largest absolute Gasteiger partial charge is 0.160 e. The van der Waals surface area contributed by atoms with Crippen LogP contribution in [0.4, 0.5) is 3.89 Å². The fraction of sp³-hybridized carbons (Fsp3) is 0.273. The highest BCUT2D eigenvalue weighted by molar-refractivity contribution is 7.94. The Bertz CT molecular complexity index is 283. The zero-order valence-corrected chi connectivity index (χ0v) is 8.48. The van der Waals surface area contributed by atoms with Crippen molar-refractivity contribution in [3.8, 4) is 0 Å². The first-order valence-corrected chi connectivity index (χ1v) is 5.04. The quantitative estimate of drug-likeness (QED) is 0.645. The van der Waals surface area contributed by atoms with Crippen LogP contribution in [0.25, 0.3) is 0 Å². The number of allylic oxidation sites excluding steroid dienone is 1. The van der Waals surface area contributed by atoms with Crippen molar-refractivity contribution >= 4 is 12.1 Å². The number of benzene rings is 1. The Balaban J connectivity index is 2.92. The Morgan fingerprint density at radius 1 is 1.62 bits per heavy atom. The summed E-state index contributed by atoms with van der Waals surface area (Å²) in [6.07, 6.45) is 2.91. The molecule has 0 fully saturated rings. The van der Waals surface area contributed by atoms with Crippen LogP contribution in [0.3, 0.4) is 0 Å². The minimum Gasteiger partial charge on any atom is -0.160 e. The molecule has 0 aliphatic heterocycles. The average molecular weight is 196 g/mol. The zero-order valence-electron chi connectivity index (χ0n) is 7.66. The fourth-order valence-electron chi connectivity index (χ4n) is 1.33. The fourth-order valence-corrected chi connectivity index (χ4v) is 1.64. The summed E-state index contributed by atoms with van der Waals surface area (Å²) in [5.74, 6) is 0.340. The van der Waals surface area contributed by atoms with Crippen LogP contribution < -0.4 is 0 Å². The van der Waals surface area contributed by atoms with Gasteiger partial charge < -0.3 is 0 Å². The molecule has 1 aromatic rings. The molecule has 0 aromatic heterocycles. The molecule has 0 heterocycles. The topological polar surface area (TPSA) is 0 Å². The van der Waals surface area contributed by atoms with E-state index in [1.807, 2.05) is 24.3 Å². The van der Waals surface area contributed by atoms with Gasteiger partial charge in [-0.05, 0) is 24.1 Å². The van der Waals surface area contributed by atoms with E-state index in [2.05, 4.69) is 13.5 Å². The highest BCUT2D eigenvalue weighted by Gasteiger charge is 2.05. The van der Waals surface area contributed by atoms with E-state index < -0.39 is 0 Å². The second-order valence-electron chi connectivity index (χ2n) is 2.90. The molecule has 1 atom stereocenters. The van der Waals surface area contributed by atoms with Crippen molar-refractivity contribution in [2.45, 2.75) is 24.2 Å². The zero-order chi connectivity index (χ0) is 9.68. The molecular formula is C11H13FS. The highest BCUT2D eigenvalue weighted by Crippen LogP contribution is 2.26. The molecule has 0 saturated carbocycles. The first-order valence-electron chi connectivity index (χ1n) is 4.33. The van der Waals surface area contributed by atoms with Crippen LogP contribution in [0.15, 0.2) is 41.8 Å². The molecule has 0 spiro atoms. The van der Waals surface area contributed by atoms with Crippen LogP contribution in [0.1, 0.15) is 24.8 Å². The summed E-state index contributed by atoms with van der Waals surface area (Å²) in [5, 5.41) is 0. The minimum absolute atomic E-state index is 0.287. The number of halogens is 1. The van der Waals surface area contributed by atoms with Crippen LogP contribution in [0, 0.1) is 0 Å². The van der Waals surface area contributed by atoms with Gasteiger partial charge >= 0.3 is 0 Å². The summed E-state index contributed by atoms with van der Waals surface area (Å²) in [4.78, 5) is 0.665. The lowest BCUT2D eigenvalue weighted by Crippen LogP contribution is -1.92. The number of hydrogen-bond acceptors (Lipinski definition) is 1. The Hall–Kier alpha value is -0.760. The van der Waals surface area contributed by atoms with Gasteiger partial charge in [-0.3, -0.25) is 0 Å². The van der Waals surface area contributed by atoms with Crippen molar-refractivity contribution in [3.63, 3.8) is 0 Å². The molecule has 0 nitrogen and oxygen atoms in total. The maximum absolute atomic E-state index is 12.3. The van der Waals surface area contributed by atoms with E-state index in [1.165, 1.54) is 0 Å².